The van der Waals surface area contributed by atoms with Crippen molar-refractivity contribution in [2.45, 2.75) is 58.0 Å². The molecule has 0 saturated heterocycles. The summed E-state index contributed by atoms with van der Waals surface area (Å²) in [6, 6.07) is 7.80. The standard InChI is InChI=1S/C16H27ClO2Si/c1-12(19-20(6,7)16(2,3)4)15(18-5)13-10-8-9-11-14(13)17/h8-12,15H,1-7H3/t12-,15+/m0/s1. The molecule has 0 saturated carbocycles. The van der Waals surface area contributed by atoms with E-state index in [0.717, 1.165) is 10.6 Å². The van der Waals surface area contributed by atoms with Crippen LogP contribution in [0.1, 0.15) is 39.4 Å². The van der Waals surface area contributed by atoms with Gasteiger partial charge in [0.2, 0.25) is 0 Å². The highest BCUT2D eigenvalue weighted by atomic mass is 35.5. The minimum Gasteiger partial charge on any atom is -0.411 e. The van der Waals surface area contributed by atoms with Gasteiger partial charge in [0.25, 0.3) is 0 Å². The van der Waals surface area contributed by atoms with Crippen LogP contribution in [-0.4, -0.2) is 21.5 Å². The highest BCUT2D eigenvalue weighted by Gasteiger charge is 2.40. The van der Waals surface area contributed by atoms with Gasteiger partial charge in [-0.25, -0.2) is 0 Å². The van der Waals surface area contributed by atoms with E-state index < -0.39 is 8.32 Å². The molecule has 0 bridgehead atoms. The second kappa shape index (κ2) is 6.61. The number of halogens is 1. The van der Waals surface area contributed by atoms with Crippen LogP contribution in [0.25, 0.3) is 0 Å². The molecular weight excluding hydrogens is 288 g/mol. The van der Waals surface area contributed by atoms with Crippen LogP contribution in [0.15, 0.2) is 24.3 Å². The first-order valence-corrected chi connectivity index (χ1v) is 10.3. The van der Waals surface area contributed by atoms with Crippen LogP contribution in [0.4, 0.5) is 0 Å². The Morgan fingerprint density at radius 2 is 1.70 bits per heavy atom. The van der Waals surface area contributed by atoms with E-state index in [1.54, 1.807) is 7.11 Å². The molecule has 0 aliphatic rings. The Hall–Kier alpha value is -0.353. The van der Waals surface area contributed by atoms with Crippen molar-refractivity contribution in [2.75, 3.05) is 7.11 Å². The molecule has 1 rings (SSSR count). The predicted octanol–water partition coefficient (Wildman–Crippen LogP) is 5.44. The van der Waals surface area contributed by atoms with Crippen molar-refractivity contribution in [3.63, 3.8) is 0 Å². The molecule has 114 valence electrons. The predicted molar refractivity (Wildman–Crippen MR) is 88.9 cm³/mol. The third-order valence-electron chi connectivity index (χ3n) is 4.18. The number of hydrogen-bond acceptors (Lipinski definition) is 2. The molecule has 4 heteroatoms. The first-order chi connectivity index (χ1) is 9.10. The van der Waals surface area contributed by atoms with Crippen LogP contribution in [0, 0.1) is 0 Å². The summed E-state index contributed by atoms with van der Waals surface area (Å²) in [5, 5.41) is 0.907. The fraction of sp³-hybridized carbons (Fsp3) is 0.625. The molecule has 1 aromatic rings. The summed E-state index contributed by atoms with van der Waals surface area (Å²) in [6.45, 7) is 13.3. The summed E-state index contributed by atoms with van der Waals surface area (Å²) in [5.74, 6) is 0. The highest BCUT2D eigenvalue weighted by molar-refractivity contribution is 6.74. The van der Waals surface area contributed by atoms with Crippen molar-refractivity contribution >= 4 is 19.9 Å². The summed E-state index contributed by atoms with van der Waals surface area (Å²) < 4.78 is 12.1. The lowest BCUT2D eigenvalue weighted by atomic mass is 10.1. The average molecular weight is 315 g/mol. The van der Waals surface area contributed by atoms with Gasteiger partial charge in [0, 0.05) is 17.7 Å². The van der Waals surface area contributed by atoms with E-state index in [2.05, 4.69) is 40.8 Å². The number of ether oxygens (including phenoxy) is 1. The largest absolute Gasteiger partial charge is 0.411 e. The highest BCUT2D eigenvalue weighted by Crippen LogP contribution is 2.39. The van der Waals surface area contributed by atoms with E-state index in [1.807, 2.05) is 24.3 Å². The Morgan fingerprint density at radius 3 is 2.15 bits per heavy atom. The smallest absolute Gasteiger partial charge is 0.192 e. The monoisotopic (exact) mass is 314 g/mol. The molecule has 0 N–H and O–H groups in total. The molecule has 0 aliphatic carbocycles. The molecule has 0 aromatic heterocycles. The van der Waals surface area contributed by atoms with Gasteiger partial charge in [-0.2, -0.15) is 0 Å². The van der Waals surface area contributed by atoms with Crippen LogP contribution in [0.5, 0.6) is 0 Å². The van der Waals surface area contributed by atoms with Gasteiger partial charge in [-0.1, -0.05) is 50.6 Å². The molecule has 2 nitrogen and oxygen atoms in total. The number of rotatable bonds is 5. The normalized spacial score (nSPS) is 16.0. The minimum atomic E-state index is -1.82. The van der Waals surface area contributed by atoms with E-state index in [0.29, 0.717) is 0 Å². The quantitative estimate of drug-likeness (QED) is 0.674. The summed E-state index contributed by atoms with van der Waals surface area (Å²) in [6.07, 6.45) is -0.168. The maximum atomic E-state index is 6.42. The van der Waals surface area contributed by atoms with Crippen molar-refractivity contribution in [1.82, 2.24) is 0 Å². The number of methoxy groups -OCH3 is 1. The first-order valence-electron chi connectivity index (χ1n) is 7.05. The Labute approximate surface area is 129 Å². The molecule has 2 atom stereocenters. The van der Waals surface area contributed by atoms with Gasteiger partial charge in [-0.15, -0.1) is 0 Å². The minimum absolute atomic E-state index is 0.0270. The summed E-state index contributed by atoms with van der Waals surface area (Å²) in [7, 11) is -0.113. The first kappa shape index (κ1) is 17.7. The zero-order valence-corrected chi connectivity index (χ0v) is 15.4. The summed E-state index contributed by atoms with van der Waals surface area (Å²) >= 11 is 6.28. The average Bonchev–Trinajstić information content (AvgIpc) is 2.30. The molecule has 0 amide bonds. The van der Waals surface area contributed by atoms with Gasteiger partial charge in [0.05, 0.1) is 6.10 Å². The molecule has 0 spiro atoms. The van der Waals surface area contributed by atoms with Crippen LogP contribution >= 0.6 is 11.6 Å². The molecule has 0 radical (unpaired) electrons. The van der Waals surface area contributed by atoms with Gasteiger partial charge in [0.1, 0.15) is 6.10 Å². The van der Waals surface area contributed by atoms with Gasteiger partial charge in [0.15, 0.2) is 8.32 Å². The van der Waals surface area contributed by atoms with Crippen molar-refractivity contribution < 1.29 is 9.16 Å². The fourth-order valence-electron chi connectivity index (χ4n) is 1.98. The van der Waals surface area contributed by atoms with Gasteiger partial charge in [-0.05, 0) is 31.1 Å². The third-order valence-corrected chi connectivity index (χ3v) is 9.10. The Morgan fingerprint density at radius 1 is 1.15 bits per heavy atom. The van der Waals surface area contributed by atoms with Crippen LogP contribution in [0.3, 0.4) is 0 Å². The number of hydrogen-bond donors (Lipinski definition) is 0. The zero-order chi connectivity index (χ0) is 15.6. The molecule has 0 aliphatic heterocycles. The van der Waals surface area contributed by atoms with E-state index in [9.17, 15) is 0 Å². The molecule has 20 heavy (non-hydrogen) atoms. The van der Waals surface area contributed by atoms with Crippen molar-refractivity contribution in [1.29, 1.82) is 0 Å². The van der Waals surface area contributed by atoms with Gasteiger partial charge >= 0.3 is 0 Å². The Kier molecular flexibility index (Phi) is 5.85. The molecule has 0 heterocycles. The maximum absolute atomic E-state index is 6.42. The van der Waals surface area contributed by atoms with Crippen LogP contribution in [-0.2, 0) is 9.16 Å². The molecule has 0 fully saturated rings. The van der Waals surface area contributed by atoms with Crippen molar-refractivity contribution in [3.8, 4) is 0 Å². The molecule has 1 aromatic carbocycles. The lowest BCUT2D eigenvalue weighted by Gasteiger charge is -2.40. The van der Waals surface area contributed by atoms with Crippen LogP contribution < -0.4 is 0 Å². The van der Waals surface area contributed by atoms with Gasteiger partial charge in [-0.3, -0.25) is 0 Å². The molecule has 0 unspecified atom stereocenters. The summed E-state index contributed by atoms with van der Waals surface area (Å²) in [5.41, 5.74) is 0.989. The third kappa shape index (κ3) is 4.07. The topological polar surface area (TPSA) is 18.5 Å². The second-order valence-corrected chi connectivity index (χ2v) is 11.9. The van der Waals surface area contributed by atoms with E-state index in [4.69, 9.17) is 20.8 Å². The van der Waals surface area contributed by atoms with Gasteiger partial charge < -0.3 is 9.16 Å². The van der Waals surface area contributed by atoms with Crippen molar-refractivity contribution in [2.24, 2.45) is 0 Å². The Bertz CT molecular complexity index is 440. The van der Waals surface area contributed by atoms with E-state index in [1.165, 1.54) is 0 Å². The van der Waals surface area contributed by atoms with E-state index >= 15 is 0 Å². The summed E-state index contributed by atoms with van der Waals surface area (Å²) in [4.78, 5) is 0. The van der Waals surface area contributed by atoms with Crippen LogP contribution in [0.2, 0.25) is 23.2 Å². The number of benzene rings is 1. The Balaban J connectivity index is 2.95. The zero-order valence-electron chi connectivity index (χ0n) is 13.7. The van der Waals surface area contributed by atoms with Crippen molar-refractivity contribution in [3.05, 3.63) is 34.9 Å². The second-order valence-electron chi connectivity index (χ2n) is 6.76. The fourth-order valence-corrected chi connectivity index (χ4v) is 3.63. The lowest BCUT2D eigenvalue weighted by Crippen LogP contribution is -2.44. The maximum Gasteiger partial charge on any atom is 0.192 e. The molecular formula is C16H27ClO2Si. The lowest BCUT2D eigenvalue weighted by molar-refractivity contribution is 0.00300. The SMILES string of the molecule is CO[C@@H](c1ccccc1Cl)[C@H](C)O[Si](C)(C)C(C)(C)C. The van der Waals surface area contributed by atoms with E-state index in [-0.39, 0.29) is 17.2 Å².